The van der Waals surface area contributed by atoms with Gasteiger partial charge in [0.2, 0.25) is 0 Å². The van der Waals surface area contributed by atoms with Crippen molar-refractivity contribution in [3.8, 4) is 0 Å². The van der Waals surface area contributed by atoms with E-state index in [2.05, 4.69) is 20.7 Å². The largest absolute Gasteiger partial charge is 0.378 e. The molecule has 2 heterocycles. The van der Waals surface area contributed by atoms with Gasteiger partial charge in [0.05, 0.1) is 18.5 Å². The Kier molecular flexibility index (Phi) is 4.06. The summed E-state index contributed by atoms with van der Waals surface area (Å²) >= 11 is 0. The molecule has 18 heavy (non-hydrogen) atoms. The van der Waals surface area contributed by atoms with E-state index in [1.807, 2.05) is 6.92 Å². The topological polar surface area (TPSA) is 102 Å². The maximum atomic E-state index is 12.0. The van der Waals surface area contributed by atoms with Crippen molar-refractivity contribution < 1.29 is 9.53 Å². The number of nitrogen functional groups attached to an aromatic ring is 1. The van der Waals surface area contributed by atoms with Gasteiger partial charge in [0.15, 0.2) is 5.82 Å². The van der Waals surface area contributed by atoms with Gasteiger partial charge in [0, 0.05) is 12.6 Å². The smallest absolute Gasteiger partial charge is 0.271 e. The van der Waals surface area contributed by atoms with Crippen molar-refractivity contribution in [1.82, 2.24) is 15.3 Å². The summed E-state index contributed by atoms with van der Waals surface area (Å²) in [5.41, 5.74) is 2.61. The summed E-state index contributed by atoms with van der Waals surface area (Å²) in [4.78, 5) is 19.9. The lowest BCUT2D eigenvalue weighted by atomic mass is 10.0. The molecule has 0 aromatic carbocycles. The van der Waals surface area contributed by atoms with E-state index in [-0.39, 0.29) is 23.7 Å². The van der Waals surface area contributed by atoms with Crippen LogP contribution in [0.2, 0.25) is 0 Å². The fraction of sp³-hybridized carbons (Fsp3) is 0.545. The number of carbonyl (C=O) groups excluding carboxylic acids is 1. The van der Waals surface area contributed by atoms with Crippen molar-refractivity contribution in [1.29, 1.82) is 0 Å². The SMILES string of the molecule is CC1CC(NC(=O)c2cncc(NN)n2)CCO1. The van der Waals surface area contributed by atoms with Gasteiger partial charge in [-0.3, -0.25) is 9.78 Å². The molecule has 1 saturated heterocycles. The number of hydrazine groups is 1. The van der Waals surface area contributed by atoms with E-state index in [1.165, 1.54) is 12.4 Å². The van der Waals surface area contributed by atoms with Crippen molar-refractivity contribution >= 4 is 11.7 Å². The first-order valence-electron chi connectivity index (χ1n) is 5.90. The summed E-state index contributed by atoms with van der Waals surface area (Å²) in [6.07, 6.45) is 4.67. The van der Waals surface area contributed by atoms with Crippen molar-refractivity contribution in [3.05, 3.63) is 18.1 Å². The third-order valence-electron chi connectivity index (χ3n) is 2.84. The van der Waals surface area contributed by atoms with Crippen LogP contribution in [0, 0.1) is 0 Å². The lowest BCUT2D eigenvalue weighted by molar-refractivity contribution is 0.0136. The summed E-state index contributed by atoms with van der Waals surface area (Å²) in [5, 5.41) is 2.93. The van der Waals surface area contributed by atoms with E-state index < -0.39 is 0 Å². The second-order valence-electron chi connectivity index (χ2n) is 4.31. The van der Waals surface area contributed by atoms with Crippen LogP contribution in [0.15, 0.2) is 12.4 Å². The van der Waals surface area contributed by atoms with Gasteiger partial charge in [0.25, 0.3) is 5.91 Å². The van der Waals surface area contributed by atoms with Gasteiger partial charge in [-0.15, -0.1) is 0 Å². The molecule has 0 saturated carbocycles. The minimum atomic E-state index is -0.237. The molecule has 7 nitrogen and oxygen atoms in total. The number of hydrogen-bond acceptors (Lipinski definition) is 6. The van der Waals surface area contributed by atoms with E-state index >= 15 is 0 Å². The van der Waals surface area contributed by atoms with Gasteiger partial charge in [-0.2, -0.15) is 0 Å². The number of nitrogens with zero attached hydrogens (tertiary/aromatic N) is 2. The van der Waals surface area contributed by atoms with E-state index in [9.17, 15) is 4.79 Å². The highest BCUT2D eigenvalue weighted by molar-refractivity contribution is 5.92. The molecule has 1 aromatic rings. The third-order valence-corrected chi connectivity index (χ3v) is 2.84. The van der Waals surface area contributed by atoms with Crippen LogP contribution in [-0.4, -0.2) is 34.6 Å². The molecular weight excluding hydrogens is 234 g/mol. The van der Waals surface area contributed by atoms with Crippen LogP contribution in [0.3, 0.4) is 0 Å². The van der Waals surface area contributed by atoms with Crippen LogP contribution in [0.25, 0.3) is 0 Å². The molecule has 2 unspecified atom stereocenters. The Morgan fingerprint density at radius 3 is 3.11 bits per heavy atom. The number of amides is 1. The van der Waals surface area contributed by atoms with Crippen molar-refractivity contribution in [3.63, 3.8) is 0 Å². The minimum absolute atomic E-state index is 0.123. The monoisotopic (exact) mass is 251 g/mol. The number of nitrogens with one attached hydrogen (secondary N) is 2. The fourth-order valence-electron chi connectivity index (χ4n) is 1.93. The van der Waals surface area contributed by atoms with Gasteiger partial charge in [-0.05, 0) is 19.8 Å². The fourth-order valence-corrected chi connectivity index (χ4v) is 1.93. The predicted molar refractivity (Wildman–Crippen MR) is 65.7 cm³/mol. The second-order valence-corrected chi connectivity index (χ2v) is 4.31. The van der Waals surface area contributed by atoms with Crippen molar-refractivity contribution in [2.75, 3.05) is 12.0 Å². The molecule has 4 N–H and O–H groups in total. The number of aromatic nitrogens is 2. The highest BCUT2D eigenvalue weighted by Crippen LogP contribution is 2.13. The Bertz CT molecular complexity index is 426. The summed E-state index contributed by atoms with van der Waals surface area (Å²) in [6.45, 7) is 2.67. The maximum absolute atomic E-state index is 12.0. The summed E-state index contributed by atoms with van der Waals surface area (Å²) < 4.78 is 5.43. The van der Waals surface area contributed by atoms with Gasteiger partial charge in [0.1, 0.15) is 5.69 Å². The number of ether oxygens (including phenoxy) is 1. The Balaban J connectivity index is 1.98. The molecule has 7 heteroatoms. The Labute approximate surface area is 105 Å². The average Bonchev–Trinajstić information content (AvgIpc) is 2.39. The molecule has 0 aliphatic carbocycles. The van der Waals surface area contributed by atoms with Gasteiger partial charge in [-0.25, -0.2) is 10.8 Å². The molecule has 1 fully saturated rings. The maximum Gasteiger partial charge on any atom is 0.271 e. The zero-order chi connectivity index (χ0) is 13.0. The summed E-state index contributed by atoms with van der Waals surface area (Å²) in [5.74, 6) is 5.35. The molecular formula is C11H17N5O2. The molecule has 1 aromatic heterocycles. The van der Waals surface area contributed by atoms with Crippen LogP contribution in [-0.2, 0) is 4.74 Å². The minimum Gasteiger partial charge on any atom is -0.378 e. The molecule has 0 radical (unpaired) electrons. The van der Waals surface area contributed by atoms with Crippen LogP contribution in [0.4, 0.5) is 5.82 Å². The second kappa shape index (κ2) is 5.74. The number of hydrogen-bond donors (Lipinski definition) is 3. The number of carbonyl (C=O) groups is 1. The summed E-state index contributed by atoms with van der Waals surface area (Å²) in [6, 6.07) is 0.123. The quantitative estimate of drug-likeness (QED) is 0.518. The first kappa shape index (κ1) is 12.7. The Morgan fingerprint density at radius 2 is 2.39 bits per heavy atom. The zero-order valence-corrected chi connectivity index (χ0v) is 10.2. The standard InChI is InChI=1S/C11H17N5O2/c1-7-4-8(2-3-18-7)14-11(17)9-5-13-6-10(15-9)16-12/h5-8H,2-4,12H2,1H3,(H,14,17)(H,15,16). The van der Waals surface area contributed by atoms with E-state index in [0.717, 1.165) is 12.8 Å². The van der Waals surface area contributed by atoms with Crippen LogP contribution < -0.4 is 16.6 Å². The van der Waals surface area contributed by atoms with Gasteiger partial charge in [-0.1, -0.05) is 0 Å². The average molecular weight is 251 g/mol. The van der Waals surface area contributed by atoms with Crippen LogP contribution in [0.5, 0.6) is 0 Å². The molecule has 2 rings (SSSR count). The van der Waals surface area contributed by atoms with Crippen molar-refractivity contribution in [2.24, 2.45) is 5.84 Å². The van der Waals surface area contributed by atoms with Crippen molar-refractivity contribution in [2.45, 2.75) is 31.9 Å². The highest BCUT2D eigenvalue weighted by atomic mass is 16.5. The number of anilines is 1. The molecule has 0 spiro atoms. The normalized spacial score (nSPS) is 23.4. The first-order chi connectivity index (χ1) is 8.69. The van der Waals surface area contributed by atoms with E-state index in [4.69, 9.17) is 10.6 Å². The molecule has 1 aliphatic heterocycles. The molecule has 0 bridgehead atoms. The van der Waals surface area contributed by atoms with Gasteiger partial charge >= 0.3 is 0 Å². The molecule has 98 valence electrons. The number of nitrogens with two attached hydrogens (primary N) is 1. The number of rotatable bonds is 3. The Morgan fingerprint density at radius 1 is 1.56 bits per heavy atom. The lowest BCUT2D eigenvalue weighted by Gasteiger charge is -2.27. The first-order valence-corrected chi connectivity index (χ1v) is 5.90. The summed E-state index contributed by atoms with van der Waals surface area (Å²) in [7, 11) is 0. The van der Waals surface area contributed by atoms with Crippen LogP contribution in [0.1, 0.15) is 30.3 Å². The molecule has 1 aliphatic rings. The van der Waals surface area contributed by atoms with Gasteiger partial charge < -0.3 is 15.5 Å². The molecule has 2 atom stereocenters. The Hall–Kier alpha value is -1.73. The zero-order valence-electron chi connectivity index (χ0n) is 10.2. The lowest BCUT2D eigenvalue weighted by Crippen LogP contribution is -2.41. The highest BCUT2D eigenvalue weighted by Gasteiger charge is 2.22. The van der Waals surface area contributed by atoms with E-state index in [0.29, 0.717) is 12.4 Å². The van der Waals surface area contributed by atoms with Crippen LogP contribution >= 0.6 is 0 Å². The third kappa shape index (κ3) is 3.14. The predicted octanol–water partition coefficient (Wildman–Crippen LogP) is 0.0595. The van der Waals surface area contributed by atoms with E-state index in [1.54, 1.807) is 0 Å². The molecule has 1 amide bonds.